The standard InChI is InChI=1S/C12H13NO3/c1-4-5-6-10-8(2)11(15)9(7-14)12(16)13(10)3/h4-7,15H,1H2,2-3H3/b6-5-. The number of carbonyl (C=O) groups excluding carboxylic acids is 1. The highest BCUT2D eigenvalue weighted by molar-refractivity contribution is 5.80. The second kappa shape index (κ2) is 4.61. The fraction of sp³-hybridized carbons (Fsp3) is 0.167. The van der Waals surface area contributed by atoms with Crippen LogP contribution < -0.4 is 5.56 Å². The maximum atomic E-state index is 11.7. The summed E-state index contributed by atoms with van der Waals surface area (Å²) in [4.78, 5) is 22.3. The number of nitrogens with zero attached hydrogens (tertiary/aromatic N) is 1. The van der Waals surface area contributed by atoms with Gasteiger partial charge in [-0.2, -0.15) is 0 Å². The zero-order chi connectivity index (χ0) is 12.3. The summed E-state index contributed by atoms with van der Waals surface area (Å²) in [6, 6.07) is 0. The van der Waals surface area contributed by atoms with E-state index in [1.165, 1.54) is 4.57 Å². The van der Waals surface area contributed by atoms with Crippen LogP contribution in [0.25, 0.3) is 6.08 Å². The van der Waals surface area contributed by atoms with E-state index in [0.717, 1.165) is 0 Å². The first kappa shape index (κ1) is 12.0. The van der Waals surface area contributed by atoms with Gasteiger partial charge in [-0.3, -0.25) is 9.59 Å². The lowest BCUT2D eigenvalue weighted by Gasteiger charge is -2.11. The van der Waals surface area contributed by atoms with Crippen LogP contribution in [0.5, 0.6) is 5.75 Å². The van der Waals surface area contributed by atoms with Crippen molar-refractivity contribution in [2.75, 3.05) is 0 Å². The Labute approximate surface area is 93.2 Å². The molecule has 1 aromatic heterocycles. The summed E-state index contributed by atoms with van der Waals surface area (Å²) in [6.45, 7) is 5.16. The van der Waals surface area contributed by atoms with Gasteiger partial charge in [0.2, 0.25) is 0 Å². The molecule has 0 spiro atoms. The minimum Gasteiger partial charge on any atom is -0.507 e. The molecular weight excluding hydrogens is 206 g/mol. The third-order valence-corrected chi connectivity index (χ3v) is 2.40. The number of hydrogen-bond acceptors (Lipinski definition) is 3. The van der Waals surface area contributed by atoms with Crippen LogP contribution in [0.3, 0.4) is 0 Å². The lowest BCUT2D eigenvalue weighted by atomic mass is 10.1. The average molecular weight is 219 g/mol. The molecule has 0 unspecified atom stereocenters. The molecule has 0 fully saturated rings. The predicted octanol–water partition coefficient (Wildman–Crippen LogP) is 1.41. The average Bonchev–Trinajstić information content (AvgIpc) is 2.27. The van der Waals surface area contributed by atoms with Gasteiger partial charge in [-0.15, -0.1) is 0 Å². The first-order valence-corrected chi connectivity index (χ1v) is 4.71. The summed E-state index contributed by atoms with van der Waals surface area (Å²) in [5.74, 6) is -0.262. The Morgan fingerprint density at radius 3 is 2.56 bits per heavy atom. The molecule has 4 heteroatoms. The number of carbonyl (C=O) groups is 1. The first-order chi connectivity index (χ1) is 7.54. The summed E-state index contributed by atoms with van der Waals surface area (Å²) >= 11 is 0. The van der Waals surface area contributed by atoms with Crippen molar-refractivity contribution >= 4 is 12.4 Å². The van der Waals surface area contributed by atoms with Crippen LogP contribution in [0.2, 0.25) is 0 Å². The molecule has 0 saturated heterocycles. The molecule has 84 valence electrons. The molecule has 0 aromatic carbocycles. The molecule has 0 aliphatic rings. The van der Waals surface area contributed by atoms with Gasteiger partial charge in [-0.25, -0.2) is 0 Å². The second-order valence-corrected chi connectivity index (χ2v) is 3.35. The Kier molecular flexibility index (Phi) is 3.45. The van der Waals surface area contributed by atoms with Gasteiger partial charge in [-0.1, -0.05) is 18.7 Å². The first-order valence-electron chi connectivity index (χ1n) is 4.71. The van der Waals surface area contributed by atoms with Gasteiger partial charge >= 0.3 is 0 Å². The second-order valence-electron chi connectivity index (χ2n) is 3.35. The Hall–Kier alpha value is -2.10. The molecule has 1 rings (SSSR count). The van der Waals surface area contributed by atoms with E-state index in [1.807, 2.05) is 0 Å². The van der Waals surface area contributed by atoms with E-state index in [9.17, 15) is 14.7 Å². The van der Waals surface area contributed by atoms with E-state index >= 15 is 0 Å². The van der Waals surface area contributed by atoms with Crippen molar-refractivity contribution in [3.8, 4) is 5.75 Å². The fourth-order valence-corrected chi connectivity index (χ4v) is 1.47. The van der Waals surface area contributed by atoms with Crippen LogP contribution in [0.15, 0.2) is 23.5 Å². The number of aromatic hydroxyl groups is 1. The summed E-state index contributed by atoms with van der Waals surface area (Å²) < 4.78 is 1.32. The summed E-state index contributed by atoms with van der Waals surface area (Å²) in [5.41, 5.74) is 0.313. The third-order valence-electron chi connectivity index (χ3n) is 2.40. The van der Waals surface area contributed by atoms with E-state index in [1.54, 1.807) is 32.2 Å². The number of aromatic nitrogens is 1. The van der Waals surface area contributed by atoms with Crippen molar-refractivity contribution in [1.82, 2.24) is 4.57 Å². The van der Waals surface area contributed by atoms with Gasteiger partial charge in [0.25, 0.3) is 5.56 Å². The number of hydrogen-bond donors (Lipinski definition) is 1. The minimum atomic E-state index is -0.512. The lowest BCUT2D eigenvalue weighted by molar-refractivity contribution is 0.111. The van der Waals surface area contributed by atoms with Crippen LogP contribution in [0, 0.1) is 6.92 Å². The maximum absolute atomic E-state index is 11.7. The number of allylic oxidation sites excluding steroid dienone is 2. The van der Waals surface area contributed by atoms with Crippen LogP contribution >= 0.6 is 0 Å². The molecule has 0 bridgehead atoms. The molecule has 16 heavy (non-hydrogen) atoms. The third kappa shape index (κ3) is 1.82. The highest BCUT2D eigenvalue weighted by Gasteiger charge is 2.14. The van der Waals surface area contributed by atoms with Crippen molar-refractivity contribution in [2.45, 2.75) is 6.92 Å². The molecule has 1 heterocycles. The zero-order valence-electron chi connectivity index (χ0n) is 9.23. The predicted molar refractivity (Wildman–Crippen MR) is 62.7 cm³/mol. The van der Waals surface area contributed by atoms with Gasteiger partial charge in [0.1, 0.15) is 11.3 Å². The van der Waals surface area contributed by atoms with Crippen molar-refractivity contribution < 1.29 is 9.90 Å². The number of pyridine rings is 1. The van der Waals surface area contributed by atoms with E-state index in [4.69, 9.17) is 0 Å². The largest absolute Gasteiger partial charge is 0.507 e. The molecule has 1 aromatic rings. The van der Waals surface area contributed by atoms with E-state index in [2.05, 4.69) is 6.58 Å². The summed E-state index contributed by atoms with van der Waals surface area (Å²) in [5, 5.41) is 9.68. The van der Waals surface area contributed by atoms with Crippen molar-refractivity contribution in [2.24, 2.45) is 7.05 Å². The van der Waals surface area contributed by atoms with Crippen LogP contribution in [0.1, 0.15) is 21.6 Å². The molecule has 0 amide bonds. The molecule has 0 aliphatic heterocycles. The monoisotopic (exact) mass is 219 g/mol. The highest BCUT2D eigenvalue weighted by Crippen LogP contribution is 2.21. The zero-order valence-corrected chi connectivity index (χ0v) is 9.23. The van der Waals surface area contributed by atoms with Crippen molar-refractivity contribution in [1.29, 1.82) is 0 Å². The maximum Gasteiger partial charge on any atom is 0.265 e. The minimum absolute atomic E-state index is 0.212. The Morgan fingerprint density at radius 2 is 2.06 bits per heavy atom. The molecule has 0 aliphatic carbocycles. The van der Waals surface area contributed by atoms with Crippen LogP contribution in [-0.4, -0.2) is 16.0 Å². The van der Waals surface area contributed by atoms with Gasteiger partial charge in [0, 0.05) is 12.6 Å². The smallest absolute Gasteiger partial charge is 0.265 e. The molecule has 0 radical (unpaired) electrons. The highest BCUT2D eigenvalue weighted by atomic mass is 16.3. The van der Waals surface area contributed by atoms with Crippen LogP contribution in [-0.2, 0) is 7.05 Å². The molecule has 4 nitrogen and oxygen atoms in total. The SMILES string of the molecule is C=C/C=C\c1c(C)c(O)c(C=O)c(=O)n1C. The topological polar surface area (TPSA) is 59.3 Å². The Balaban J connectivity index is 3.66. The van der Waals surface area contributed by atoms with Crippen molar-refractivity contribution in [3.05, 3.63) is 45.9 Å². The summed E-state index contributed by atoms with van der Waals surface area (Å²) in [6.07, 6.45) is 5.24. The number of aldehydes is 1. The van der Waals surface area contributed by atoms with Gasteiger partial charge in [0.15, 0.2) is 6.29 Å². The molecule has 1 N–H and O–H groups in total. The molecular formula is C12H13NO3. The number of rotatable bonds is 3. The quantitative estimate of drug-likeness (QED) is 0.617. The Morgan fingerprint density at radius 1 is 1.44 bits per heavy atom. The lowest BCUT2D eigenvalue weighted by Crippen LogP contribution is -2.23. The van der Waals surface area contributed by atoms with Gasteiger partial charge < -0.3 is 9.67 Å². The fourth-order valence-electron chi connectivity index (χ4n) is 1.47. The van der Waals surface area contributed by atoms with Crippen molar-refractivity contribution in [3.63, 3.8) is 0 Å². The van der Waals surface area contributed by atoms with Gasteiger partial charge in [-0.05, 0) is 13.0 Å². The van der Waals surface area contributed by atoms with Gasteiger partial charge in [0.05, 0.1) is 5.69 Å². The molecule has 0 atom stereocenters. The normalized spacial score (nSPS) is 10.6. The van der Waals surface area contributed by atoms with E-state index in [-0.39, 0.29) is 11.3 Å². The van der Waals surface area contributed by atoms with Crippen LogP contribution in [0.4, 0.5) is 0 Å². The van der Waals surface area contributed by atoms with E-state index in [0.29, 0.717) is 17.5 Å². The molecule has 0 saturated carbocycles. The van der Waals surface area contributed by atoms with E-state index < -0.39 is 5.56 Å². The summed E-state index contributed by atoms with van der Waals surface area (Å²) in [7, 11) is 1.55. The Bertz CT molecular complexity index is 524.